The summed E-state index contributed by atoms with van der Waals surface area (Å²) in [5, 5.41) is 39.5. The van der Waals surface area contributed by atoms with Gasteiger partial charge in [0.15, 0.2) is 17.0 Å². The second-order valence-corrected chi connectivity index (χ2v) is 38.0. The van der Waals surface area contributed by atoms with Crippen LogP contribution >= 0.6 is 0 Å². The first-order valence-electron chi connectivity index (χ1n) is 45.2. The zero-order valence-electron chi connectivity index (χ0n) is 84.4. The Morgan fingerprint density at radius 1 is 0.597 bits per heavy atom. The summed E-state index contributed by atoms with van der Waals surface area (Å²) in [6, 6.07) is 50.0. The van der Waals surface area contributed by atoms with Crippen LogP contribution in [0.15, 0.2) is 198 Å². The Morgan fingerprint density at radius 3 is 1.58 bits per heavy atom. The van der Waals surface area contributed by atoms with Crippen LogP contribution in [0.4, 0.5) is 55.3 Å². The summed E-state index contributed by atoms with van der Waals surface area (Å²) in [7, 11) is 1.76. The van der Waals surface area contributed by atoms with Gasteiger partial charge in [0.05, 0.1) is 24.3 Å². The monoisotopic (exact) mass is 2780 g/mol. The first kappa shape index (κ1) is 132. The van der Waals surface area contributed by atoms with Crippen molar-refractivity contribution in [2.45, 2.75) is 225 Å². The van der Waals surface area contributed by atoms with E-state index in [4.69, 9.17) is 36.8 Å². The number of nitrogens with zero attached hydrogens (tertiary/aromatic N) is 10. The topological polar surface area (TPSA) is 252 Å². The van der Waals surface area contributed by atoms with E-state index in [9.17, 15) is 53.5 Å². The molecule has 0 spiro atoms. The third-order valence-corrected chi connectivity index (χ3v) is 22.0. The van der Waals surface area contributed by atoms with Gasteiger partial charge in [0.2, 0.25) is 0 Å². The number of alkyl halides is 3. The van der Waals surface area contributed by atoms with E-state index in [-0.39, 0.29) is 167 Å². The number of carboxylic acids is 1. The number of anilines is 1. The number of carbonyl (C=O) groups is 1. The van der Waals surface area contributed by atoms with Gasteiger partial charge < -0.3 is 65.3 Å². The predicted molar refractivity (Wildman–Crippen MR) is 532 cm³/mol. The maximum Gasteiger partial charge on any atom is 3.00 e. The number of halogens is 10. The van der Waals surface area contributed by atoms with Gasteiger partial charge in [-0.2, -0.15) is 31.7 Å². The van der Waals surface area contributed by atoms with Gasteiger partial charge in [0, 0.05) is 170 Å². The SMILES string of the molecule is CC(C)(C)Cc1c(F)c[c-]c(-c2ccccn2)c1F.CC(C)(C)Cc1c(F)c[c-]c(N/C=C\C=[N-])c1F.CC(C)(C)Cc1ccnc(-c2[c-]cc(F)cc2)c1.CC(O)(CN/C=C\C=[N-])C(F)(F)F.CCC(C)c1ccc2[c-]c(-c3ccccn3)c(=O)oc2c1.CCC(C)c1ccnc(C2=[C-]C(C)(C)C(C)(C)O2)c1.Cc1nc(C(=O)O)cn1C.[C-]#[N+]c1c(F)c[c-]c(-c2cc(C(C)CCC)ccn2)c1F.[Ir+3].[Ir].[Ir].[Ir].[Rh]. The van der Waals surface area contributed by atoms with Crippen molar-refractivity contribution in [3.8, 4) is 45.0 Å². The summed E-state index contributed by atoms with van der Waals surface area (Å²) in [6.45, 7) is 48.3. The molecule has 782 valence electrons. The van der Waals surface area contributed by atoms with Crippen molar-refractivity contribution in [3.05, 3.63) is 350 Å². The van der Waals surface area contributed by atoms with Crippen molar-refractivity contribution in [2.75, 3.05) is 11.9 Å². The molecule has 7 aromatic heterocycles. The number of aryl methyl sites for hydroxylation is 2. The van der Waals surface area contributed by atoms with Gasteiger partial charge in [0.25, 0.3) is 5.63 Å². The maximum absolute atomic E-state index is 14.4. The molecule has 12 aromatic rings. The fourth-order valence-corrected chi connectivity index (χ4v) is 13.1. The van der Waals surface area contributed by atoms with Crippen LogP contribution in [-0.4, -0.2) is 87.0 Å². The summed E-state index contributed by atoms with van der Waals surface area (Å²) in [6.07, 6.45) is 20.9. The molecular formula is C111H122F10Ir4N12O6Rh-5. The van der Waals surface area contributed by atoms with Crippen LogP contribution in [0.5, 0.6) is 0 Å². The van der Waals surface area contributed by atoms with E-state index < -0.39 is 70.5 Å². The Kier molecular flexibility index (Phi) is 55.5. The molecule has 0 bridgehead atoms. The smallest absolute Gasteiger partial charge is 0.811 e. The minimum absolute atomic E-state index is 0. The molecule has 0 saturated heterocycles. The second-order valence-electron chi connectivity index (χ2n) is 38.0. The molecular weight excluding hydrogens is 2660 g/mol. The Morgan fingerprint density at radius 2 is 1.10 bits per heavy atom. The van der Waals surface area contributed by atoms with Crippen molar-refractivity contribution in [2.24, 2.45) is 28.7 Å². The maximum atomic E-state index is 14.4. The number of aliphatic hydroxyl groups is 1. The molecule has 0 fully saturated rings. The zero-order valence-corrected chi connectivity index (χ0v) is 95.6. The van der Waals surface area contributed by atoms with Crippen molar-refractivity contribution in [3.63, 3.8) is 0 Å². The van der Waals surface area contributed by atoms with Gasteiger partial charge in [-0.1, -0.05) is 229 Å². The Bertz CT molecular complexity index is 6260. The molecule has 1 aliphatic rings. The van der Waals surface area contributed by atoms with Crippen molar-refractivity contribution in [1.29, 1.82) is 0 Å². The Balaban J connectivity index is 0.000000825. The van der Waals surface area contributed by atoms with E-state index in [2.05, 4.69) is 196 Å². The second kappa shape index (κ2) is 60.7. The average Bonchev–Trinajstić information content (AvgIpc) is 1.63. The van der Waals surface area contributed by atoms with E-state index in [1.807, 2.05) is 84.1 Å². The molecule has 4 N–H and O–H groups in total. The number of rotatable bonds is 23. The predicted octanol–water partition coefficient (Wildman–Crippen LogP) is 28.1. The average molecular weight is 2780 g/mol. The zero-order chi connectivity index (χ0) is 104. The number of imidazole rings is 1. The van der Waals surface area contributed by atoms with Crippen molar-refractivity contribution in [1.82, 2.24) is 39.8 Å². The number of fused-ring (bicyclic) bond motifs is 1. The summed E-state index contributed by atoms with van der Waals surface area (Å²) in [4.78, 5) is 50.3. The normalized spacial score (nSPS) is 13.1. The van der Waals surface area contributed by atoms with Crippen LogP contribution < -0.4 is 16.3 Å². The molecule has 18 nitrogen and oxygen atoms in total. The number of allylic oxidation sites excluding steroid dienone is 2. The minimum atomic E-state index is -4.67. The number of benzene rings is 5. The van der Waals surface area contributed by atoms with E-state index >= 15 is 0 Å². The first-order valence-corrected chi connectivity index (χ1v) is 45.2. The molecule has 0 saturated carbocycles. The quantitative estimate of drug-likeness (QED) is 0.0153. The first-order chi connectivity index (χ1) is 65.1. The van der Waals surface area contributed by atoms with Crippen LogP contribution in [0.2, 0.25) is 0 Å². The number of carboxylic acid groups (broad SMARTS) is 1. The van der Waals surface area contributed by atoms with Crippen molar-refractivity contribution >= 4 is 46.5 Å². The van der Waals surface area contributed by atoms with Gasteiger partial charge in [-0.25, -0.2) is 15.9 Å². The van der Waals surface area contributed by atoms with Crippen LogP contribution in [-0.2, 0) is 131 Å². The van der Waals surface area contributed by atoms with Crippen molar-refractivity contribution < 1.29 is 168 Å². The molecule has 33 heteroatoms. The van der Waals surface area contributed by atoms with Gasteiger partial charge in [-0.05, 0) is 188 Å². The van der Waals surface area contributed by atoms with Crippen LogP contribution in [0.1, 0.15) is 237 Å². The third-order valence-electron chi connectivity index (χ3n) is 22.0. The molecule has 4 radical (unpaired) electrons. The Hall–Kier alpha value is -10.3. The number of aromatic carboxylic acids is 1. The van der Waals surface area contributed by atoms with Gasteiger partial charge in [-0.15, -0.1) is 83.9 Å². The molecule has 13 rings (SSSR count). The minimum Gasteiger partial charge on any atom is -0.811 e. The van der Waals surface area contributed by atoms with E-state index in [0.29, 0.717) is 77.8 Å². The van der Waals surface area contributed by atoms with E-state index in [1.54, 1.807) is 79.7 Å². The van der Waals surface area contributed by atoms with Gasteiger partial charge in [-0.3, -0.25) is 45.4 Å². The standard InChI is InChI=1S/C18H16NO2.C17H15F2N2.C17H24NO.C16H16F2N.C16H17FN.C14H16F2N2.C7H10F3N2O.C6H8N2O2.4Ir.Rh/c1-3-12(2)13-7-8-14-10-15(16-6-4-5-9-19-16)18(20)21-17(14)11-13;1-4-5-11(2)12-8-9-21-15(10-12)13-6-7-14(18)17(20-3)16(13)19;1-7-12(2)13-8-9-18-14(10-13)15-11-16(3,4)17(5,6)19-15;1-16(2,3)10-12-13(17)8-7-11(15(12)18)14-6-4-5-9-19-14;1-16(2,3)11-12-8-9-18-15(10-12)13-4-6-14(17)7-5-13;1-14(2,3)9-10-11(15)5-6-12(13(10)16)18-8-4-7-17;1-6(13,7(8,9)10)5-12-4-2-3-11;1-4-7-5(6(9)10)3-8(4)2;;;;;/h4-9,11-12H,3H2,1-2H3;7-11H,4-5H2,1-2H3;8-10,12H,7H2,1-6H3;4-6,8-9H,10H2,1-3H3;4,6-10H,11H2,1-3H3;4-5,7-8,18H,9H2,1-3H3;2-4,12-13H,5H2,1H3;3H,1-2H3,(H,9,10);;;;;/q5*-1;-2;-1;;;;;+3;/b;;;;;8-4-;4-2-;;;;;;. The summed E-state index contributed by atoms with van der Waals surface area (Å²) < 4.78 is 145. The molecule has 0 amide bonds. The van der Waals surface area contributed by atoms with Crippen LogP contribution in [0, 0.1) is 112 Å². The third kappa shape index (κ3) is 41.2. The molecule has 144 heavy (non-hydrogen) atoms. The number of hydrogen-bond donors (Lipinski definition) is 4. The van der Waals surface area contributed by atoms with Crippen LogP contribution in [0.25, 0.3) is 77.4 Å². The van der Waals surface area contributed by atoms with Gasteiger partial charge in [0.1, 0.15) is 5.82 Å². The summed E-state index contributed by atoms with van der Waals surface area (Å²) in [5.74, 6) is -2.59. The number of nitrogens with one attached hydrogen (secondary N) is 2. The molecule has 1 aliphatic heterocycles. The molecule has 8 heterocycles. The van der Waals surface area contributed by atoms with E-state index in [0.717, 1.165) is 96.4 Å². The summed E-state index contributed by atoms with van der Waals surface area (Å²) >= 11 is 0. The number of pyridine rings is 5. The fourth-order valence-electron chi connectivity index (χ4n) is 13.1. The molecule has 4 atom stereocenters. The number of hydrogen-bond acceptors (Lipinski definition) is 13. The van der Waals surface area contributed by atoms with Crippen LogP contribution in [0.3, 0.4) is 0 Å². The molecule has 5 aromatic carbocycles. The fraction of sp³-hybridized carbons (Fsp3) is 0.360. The number of aromatic nitrogens is 7. The number of ether oxygens (including phenoxy) is 1. The molecule has 0 aliphatic carbocycles. The summed E-state index contributed by atoms with van der Waals surface area (Å²) in [5.41, 5.74) is 6.00. The largest absolute Gasteiger partial charge is 3.00 e. The Labute approximate surface area is 907 Å². The molecule has 4 unspecified atom stereocenters. The van der Waals surface area contributed by atoms with Gasteiger partial charge >= 0.3 is 32.3 Å². The van der Waals surface area contributed by atoms with E-state index in [1.165, 1.54) is 53.4 Å².